The lowest BCUT2D eigenvalue weighted by Gasteiger charge is -2.09. The smallest absolute Gasteiger partial charge is 0.255 e. The number of amidine groups is 1. The molecule has 24 heavy (non-hydrogen) atoms. The van der Waals surface area contributed by atoms with Gasteiger partial charge in [-0.1, -0.05) is 43.7 Å². The Morgan fingerprint density at radius 1 is 1.17 bits per heavy atom. The van der Waals surface area contributed by atoms with Crippen LogP contribution in [0.3, 0.4) is 0 Å². The molecule has 5 nitrogen and oxygen atoms in total. The van der Waals surface area contributed by atoms with Gasteiger partial charge in [-0.2, -0.15) is 5.26 Å². The zero-order valence-electron chi connectivity index (χ0n) is 14.1. The van der Waals surface area contributed by atoms with Crippen molar-refractivity contribution in [3.05, 3.63) is 58.0 Å². The third-order valence-corrected chi connectivity index (χ3v) is 3.50. The maximum absolute atomic E-state index is 12.1. The molecule has 1 aromatic carbocycles. The van der Waals surface area contributed by atoms with E-state index in [0.29, 0.717) is 35.6 Å². The Labute approximate surface area is 141 Å². The van der Waals surface area contributed by atoms with E-state index in [1.165, 1.54) is 0 Å². The number of nitriles is 1. The molecule has 0 aliphatic carbocycles. The number of pyridine rings is 1. The van der Waals surface area contributed by atoms with Crippen LogP contribution in [0.5, 0.6) is 0 Å². The highest BCUT2D eigenvalue weighted by atomic mass is 16.1. The van der Waals surface area contributed by atoms with Crippen molar-refractivity contribution in [3.8, 4) is 17.2 Å². The minimum absolute atomic E-state index is 0.159. The number of hydrogen-bond donors (Lipinski definition) is 1. The monoisotopic (exact) mass is 320 g/mol. The lowest BCUT2D eigenvalue weighted by atomic mass is 10.0. The van der Waals surface area contributed by atoms with E-state index in [1.54, 1.807) is 12.3 Å². The molecule has 0 unspecified atom stereocenters. The summed E-state index contributed by atoms with van der Waals surface area (Å²) in [6.07, 6.45) is 2.15. The van der Waals surface area contributed by atoms with E-state index >= 15 is 0 Å². The van der Waals surface area contributed by atoms with Crippen molar-refractivity contribution in [1.82, 2.24) is 4.98 Å². The number of nitrogens with one attached hydrogen (secondary N) is 1. The number of hydrogen-bond acceptors (Lipinski definition) is 4. The number of aliphatic imine (C=N–C) groups is 2. The van der Waals surface area contributed by atoms with Gasteiger partial charge in [0, 0.05) is 30.3 Å². The van der Waals surface area contributed by atoms with E-state index in [2.05, 4.69) is 21.0 Å². The molecule has 0 spiro atoms. The number of H-pyrrole nitrogens is 1. The number of benzene rings is 1. The molecule has 0 amide bonds. The summed E-state index contributed by atoms with van der Waals surface area (Å²) in [5.41, 5.74) is 3.56. The van der Waals surface area contributed by atoms with Crippen molar-refractivity contribution in [2.24, 2.45) is 9.98 Å². The van der Waals surface area contributed by atoms with E-state index in [1.807, 2.05) is 45.0 Å². The quantitative estimate of drug-likeness (QED) is 0.919. The summed E-state index contributed by atoms with van der Waals surface area (Å²) in [6, 6.07) is 11.6. The van der Waals surface area contributed by atoms with Crippen LogP contribution in [0.2, 0.25) is 0 Å². The zero-order chi connectivity index (χ0) is 17.5. The van der Waals surface area contributed by atoms with Crippen LogP contribution in [0.4, 0.5) is 0 Å². The SMILES string of the molecule is CC.Cc1ccc(-c2cc(C3=NCCC(C#N)=N3)c[nH]c2=O)cc1. The summed E-state index contributed by atoms with van der Waals surface area (Å²) < 4.78 is 0. The summed E-state index contributed by atoms with van der Waals surface area (Å²) >= 11 is 0. The van der Waals surface area contributed by atoms with E-state index in [4.69, 9.17) is 5.26 Å². The minimum atomic E-state index is -0.159. The van der Waals surface area contributed by atoms with Gasteiger partial charge in [0.05, 0.1) is 0 Å². The van der Waals surface area contributed by atoms with Gasteiger partial charge >= 0.3 is 0 Å². The van der Waals surface area contributed by atoms with Crippen LogP contribution in [-0.4, -0.2) is 23.1 Å². The van der Waals surface area contributed by atoms with E-state index in [-0.39, 0.29) is 5.56 Å². The molecule has 5 heteroatoms. The molecule has 0 radical (unpaired) electrons. The fourth-order valence-corrected chi connectivity index (χ4v) is 2.28. The van der Waals surface area contributed by atoms with Crippen LogP contribution >= 0.6 is 0 Å². The molecule has 2 aromatic rings. The van der Waals surface area contributed by atoms with Gasteiger partial charge < -0.3 is 4.98 Å². The Balaban J connectivity index is 0.00000100. The maximum Gasteiger partial charge on any atom is 0.255 e. The molecule has 2 heterocycles. The predicted octanol–water partition coefficient (Wildman–Crippen LogP) is 3.49. The molecule has 0 saturated carbocycles. The topological polar surface area (TPSA) is 81.4 Å². The van der Waals surface area contributed by atoms with Crippen LogP contribution in [0, 0.1) is 18.3 Å². The second kappa shape index (κ2) is 8.02. The molecule has 3 rings (SSSR count). The van der Waals surface area contributed by atoms with Crippen molar-refractivity contribution in [2.75, 3.05) is 6.54 Å². The van der Waals surface area contributed by atoms with Gasteiger partial charge in [-0.15, -0.1) is 0 Å². The van der Waals surface area contributed by atoms with Crippen molar-refractivity contribution >= 4 is 11.5 Å². The van der Waals surface area contributed by atoms with Crippen LogP contribution < -0.4 is 5.56 Å². The maximum atomic E-state index is 12.1. The average Bonchev–Trinajstić information content (AvgIpc) is 2.65. The van der Waals surface area contributed by atoms with Gasteiger partial charge in [0.25, 0.3) is 5.56 Å². The van der Waals surface area contributed by atoms with Crippen molar-refractivity contribution in [1.29, 1.82) is 5.26 Å². The first-order valence-electron chi connectivity index (χ1n) is 7.99. The molecule has 0 fully saturated rings. The first-order chi connectivity index (χ1) is 11.7. The lowest BCUT2D eigenvalue weighted by Crippen LogP contribution is -2.15. The Hall–Kier alpha value is -3.00. The van der Waals surface area contributed by atoms with Crippen molar-refractivity contribution in [2.45, 2.75) is 27.2 Å². The Kier molecular flexibility index (Phi) is 5.80. The van der Waals surface area contributed by atoms with Gasteiger partial charge in [-0.25, -0.2) is 4.99 Å². The standard InChI is InChI=1S/C17H14N4O.C2H6/c1-11-2-4-12(5-3-11)15-8-13(10-20-17(15)22)16-19-7-6-14(9-18)21-16;1-2/h2-5,8,10H,6-7H2,1H3,(H,20,22);1-2H3. The highest BCUT2D eigenvalue weighted by molar-refractivity contribution is 6.13. The highest BCUT2D eigenvalue weighted by Gasteiger charge is 2.12. The molecule has 1 N–H and O–H groups in total. The largest absolute Gasteiger partial charge is 0.328 e. The summed E-state index contributed by atoms with van der Waals surface area (Å²) in [7, 11) is 0. The molecule has 1 aromatic heterocycles. The molecule has 1 aliphatic heterocycles. The van der Waals surface area contributed by atoms with E-state index < -0.39 is 0 Å². The third kappa shape index (κ3) is 3.85. The molecule has 0 bridgehead atoms. The fourth-order valence-electron chi connectivity index (χ4n) is 2.28. The molecular formula is C19H20N4O. The summed E-state index contributed by atoms with van der Waals surface area (Å²) in [5, 5.41) is 8.96. The molecule has 122 valence electrons. The van der Waals surface area contributed by atoms with E-state index in [9.17, 15) is 4.79 Å². The number of rotatable bonds is 2. The first-order valence-corrected chi connectivity index (χ1v) is 7.99. The molecule has 0 atom stereocenters. The second-order valence-electron chi connectivity index (χ2n) is 5.12. The van der Waals surface area contributed by atoms with E-state index in [0.717, 1.165) is 11.1 Å². The number of aryl methyl sites for hydroxylation is 1. The van der Waals surface area contributed by atoms with Crippen LogP contribution in [-0.2, 0) is 0 Å². The van der Waals surface area contributed by atoms with Crippen molar-refractivity contribution < 1.29 is 0 Å². The van der Waals surface area contributed by atoms with Crippen LogP contribution in [0.15, 0.2) is 51.3 Å². The zero-order valence-corrected chi connectivity index (χ0v) is 14.1. The Bertz CT molecular complexity index is 867. The van der Waals surface area contributed by atoms with Gasteiger partial charge in [-0.05, 0) is 18.6 Å². The molecule has 1 aliphatic rings. The average molecular weight is 320 g/mol. The fraction of sp³-hybridized carbons (Fsp3) is 0.263. The molecular weight excluding hydrogens is 300 g/mol. The normalized spacial score (nSPS) is 13.1. The minimum Gasteiger partial charge on any atom is -0.328 e. The van der Waals surface area contributed by atoms with Crippen LogP contribution in [0.1, 0.15) is 31.4 Å². The summed E-state index contributed by atoms with van der Waals surface area (Å²) in [5.74, 6) is 0.493. The van der Waals surface area contributed by atoms with Crippen molar-refractivity contribution in [3.63, 3.8) is 0 Å². The lowest BCUT2D eigenvalue weighted by molar-refractivity contribution is 1.02. The van der Waals surface area contributed by atoms with Gasteiger partial charge in [-0.3, -0.25) is 9.79 Å². The molecule has 0 saturated heterocycles. The summed E-state index contributed by atoms with van der Waals surface area (Å²) in [4.78, 5) is 23.4. The van der Waals surface area contributed by atoms with Gasteiger partial charge in [0.2, 0.25) is 0 Å². The van der Waals surface area contributed by atoms with Gasteiger partial charge in [0.15, 0.2) is 5.84 Å². The Morgan fingerprint density at radius 3 is 2.54 bits per heavy atom. The van der Waals surface area contributed by atoms with Gasteiger partial charge in [0.1, 0.15) is 11.8 Å². The van der Waals surface area contributed by atoms with Crippen LogP contribution in [0.25, 0.3) is 11.1 Å². The summed E-state index contributed by atoms with van der Waals surface area (Å²) in [6.45, 7) is 6.54. The second-order valence-corrected chi connectivity index (χ2v) is 5.12. The highest BCUT2D eigenvalue weighted by Crippen LogP contribution is 2.18. The number of aromatic amines is 1. The Morgan fingerprint density at radius 2 is 1.88 bits per heavy atom. The predicted molar refractivity (Wildman–Crippen MR) is 97.7 cm³/mol. The number of aromatic nitrogens is 1. The number of nitrogens with zero attached hydrogens (tertiary/aromatic N) is 3. The third-order valence-electron chi connectivity index (χ3n) is 3.50. The first kappa shape index (κ1) is 17.4.